The van der Waals surface area contributed by atoms with Crippen molar-refractivity contribution < 1.29 is 28.3 Å². The van der Waals surface area contributed by atoms with Gasteiger partial charge in [0.05, 0.1) is 17.0 Å². The molecule has 1 aliphatic heterocycles. The number of carbonyl (C=O) groups excluding carboxylic acids is 2. The molecule has 31 heavy (non-hydrogen) atoms. The van der Waals surface area contributed by atoms with Gasteiger partial charge in [-0.15, -0.1) is 0 Å². The van der Waals surface area contributed by atoms with Crippen LogP contribution in [0.1, 0.15) is 27.2 Å². The Balaban J connectivity index is 1.58. The Kier molecular flexibility index (Phi) is 5.48. The SMILES string of the molecule is Cc1c(C(=O)O)cccc1-c1ccc(C=C2SC(=O)N(Cc3ccccc3F)C2=O)o1. The molecule has 1 aromatic heterocycles. The second-order valence-electron chi connectivity index (χ2n) is 6.84. The zero-order chi connectivity index (χ0) is 22.1. The average Bonchev–Trinajstić information content (AvgIpc) is 3.29. The third-order valence-electron chi connectivity index (χ3n) is 4.89. The first-order valence-corrected chi connectivity index (χ1v) is 10.1. The van der Waals surface area contributed by atoms with E-state index in [4.69, 9.17) is 4.42 Å². The van der Waals surface area contributed by atoms with E-state index in [1.807, 2.05) is 0 Å². The van der Waals surface area contributed by atoms with Gasteiger partial charge < -0.3 is 9.52 Å². The van der Waals surface area contributed by atoms with Crippen molar-refractivity contribution in [2.75, 3.05) is 0 Å². The lowest BCUT2D eigenvalue weighted by Gasteiger charge is -2.12. The summed E-state index contributed by atoms with van der Waals surface area (Å²) in [6.45, 7) is 1.54. The Morgan fingerprint density at radius 1 is 1.13 bits per heavy atom. The third kappa shape index (κ3) is 4.02. The highest BCUT2D eigenvalue weighted by atomic mass is 32.2. The molecule has 1 saturated heterocycles. The summed E-state index contributed by atoms with van der Waals surface area (Å²) in [7, 11) is 0. The number of imide groups is 1. The van der Waals surface area contributed by atoms with E-state index in [0.29, 0.717) is 22.6 Å². The molecule has 1 aliphatic rings. The smallest absolute Gasteiger partial charge is 0.335 e. The van der Waals surface area contributed by atoms with Crippen LogP contribution in [0.15, 0.2) is 63.9 Å². The molecule has 2 amide bonds. The second-order valence-corrected chi connectivity index (χ2v) is 7.84. The predicted octanol–water partition coefficient (Wildman–Crippen LogP) is 5.33. The van der Waals surface area contributed by atoms with Gasteiger partial charge in [-0.3, -0.25) is 14.5 Å². The first-order chi connectivity index (χ1) is 14.8. The van der Waals surface area contributed by atoms with Crippen LogP contribution >= 0.6 is 11.8 Å². The van der Waals surface area contributed by atoms with Crippen molar-refractivity contribution in [1.82, 2.24) is 4.90 Å². The van der Waals surface area contributed by atoms with E-state index in [-0.39, 0.29) is 22.6 Å². The van der Waals surface area contributed by atoms with E-state index in [9.17, 15) is 23.9 Å². The van der Waals surface area contributed by atoms with Crippen molar-refractivity contribution in [3.8, 4) is 11.3 Å². The second kappa shape index (κ2) is 8.23. The van der Waals surface area contributed by atoms with Gasteiger partial charge >= 0.3 is 5.97 Å². The molecule has 3 aromatic rings. The van der Waals surface area contributed by atoms with Gasteiger partial charge in [0.2, 0.25) is 0 Å². The molecule has 0 spiro atoms. The number of rotatable bonds is 5. The number of halogens is 1. The van der Waals surface area contributed by atoms with Gasteiger partial charge in [0.1, 0.15) is 17.3 Å². The maximum Gasteiger partial charge on any atom is 0.335 e. The first-order valence-electron chi connectivity index (χ1n) is 9.27. The van der Waals surface area contributed by atoms with Crippen LogP contribution in [0.3, 0.4) is 0 Å². The van der Waals surface area contributed by atoms with E-state index >= 15 is 0 Å². The largest absolute Gasteiger partial charge is 0.478 e. The van der Waals surface area contributed by atoms with Crippen LogP contribution in [0, 0.1) is 12.7 Å². The maximum absolute atomic E-state index is 13.9. The van der Waals surface area contributed by atoms with Crippen molar-refractivity contribution >= 4 is 35.0 Å². The van der Waals surface area contributed by atoms with Crippen LogP contribution in [-0.2, 0) is 11.3 Å². The zero-order valence-electron chi connectivity index (χ0n) is 16.3. The summed E-state index contributed by atoms with van der Waals surface area (Å²) in [5.41, 5.74) is 1.60. The average molecular weight is 437 g/mol. The Hall–Kier alpha value is -3.65. The summed E-state index contributed by atoms with van der Waals surface area (Å²) >= 11 is 0.755. The number of benzene rings is 2. The quantitative estimate of drug-likeness (QED) is 0.543. The molecule has 0 atom stereocenters. The van der Waals surface area contributed by atoms with Gasteiger partial charge in [-0.2, -0.15) is 0 Å². The number of thioether (sulfide) groups is 1. The summed E-state index contributed by atoms with van der Waals surface area (Å²) in [4.78, 5) is 37.5. The minimum Gasteiger partial charge on any atom is -0.478 e. The van der Waals surface area contributed by atoms with E-state index in [1.165, 1.54) is 30.3 Å². The Labute approximate surface area is 181 Å². The normalized spacial score (nSPS) is 15.2. The van der Waals surface area contributed by atoms with Crippen molar-refractivity contribution in [2.24, 2.45) is 0 Å². The molecule has 1 fully saturated rings. The van der Waals surface area contributed by atoms with Crippen molar-refractivity contribution in [3.63, 3.8) is 0 Å². The number of carbonyl (C=O) groups is 3. The van der Waals surface area contributed by atoms with Crippen molar-refractivity contribution in [2.45, 2.75) is 13.5 Å². The fraction of sp³-hybridized carbons (Fsp3) is 0.0870. The van der Waals surface area contributed by atoms with Crippen LogP contribution in [0.4, 0.5) is 9.18 Å². The molecular formula is C23H16FNO5S. The number of hydrogen-bond acceptors (Lipinski definition) is 5. The summed E-state index contributed by atoms with van der Waals surface area (Å²) in [6, 6.07) is 14.2. The lowest BCUT2D eigenvalue weighted by molar-refractivity contribution is -0.123. The highest BCUT2D eigenvalue weighted by Crippen LogP contribution is 2.35. The number of hydrogen-bond donors (Lipinski definition) is 1. The Morgan fingerprint density at radius 2 is 1.90 bits per heavy atom. The number of nitrogens with zero attached hydrogens (tertiary/aromatic N) is 1. The molecule has 2 aromatic carbocycles. The van der Waals surface area contributed by atoms with Crippen molar-refractivity contribution in [1.29, 1.82) is 0 Å². The van der Waals surface area contributed by atoms with Gasteiger partial charge in [-0.25, -0.2) is 9.18 Å². The highest BCUT2D eigenvalue weighted by Gasteiger charge is 2.35. The fourth-order valence-electron chi connectivity index (χ4n) is 3.27. The molecule has 6 nitrogen and oxygen atoms in total. The van der Waals surface area contributed by atoms with Crippen LogP contribution in [-0.4, -0.2) is 27.1 Å². The van der Waals surface area contributed by atoms with Crippen molar-refractivity contribution in [3.05, 3.63) is 87.8 Å². The topological polar surface area (TPSA) is 87.8 Å². The Morgan fingerprint density at radius 3 is 2.65 bits per heavy atom. The van der Waals surface area contributed by atoms with Gasteiger partial charge in [0.15, 0.2) is 0 Å². The van der Waals surface area contributed by atoms with E-state index in [0.717, 1.165) is 16.7 Å². The highest BCUT2D eigenvalue weighted by molar-refractivity contribution is 8.18. The lowest BCUT2D eigenvalue weighted by Crippen LogP contribution is -2.27. The number of amides is 2. The van der Waals surface area contributed by atoms with Crippen LogP contribution in [0.2, 0.25) is 0 Å². The number of aromatic carboxylic acids is 1. The van der Waals surface area contributed by atoms with E-state index in [1.54, 1.807) is 37.3 Å². The maximum atomic E-state index is 13.9. The summed E-state index contributed by atoms with van der Waals surface area (Å²) in [6.07, 6.45) is 1.45. The number of carboxylic acid groups (broad SMARTS) is 1. The third-order valence-corrected chi connectivity index (χ3v) is 5.80. The molecule has 2 heterocycles. The molecule has 156 valence electrons. The standard InChI is InChI=1S/C23H16FNO5S/c1-13-16(6-4-7-17(13)22(27)28)19-10-9-15(30-19)11-20-21(26)25(23(29)31-20)12-14-5-2-3-8-18(14)24/h2-11H,12H2,1H3,(H,27,28). The van der Waals surface area contributed by atoms with Gasteiger partial charge in [-0.1, -0.05) is 30.3 Å². The van der Waals surface area contributed by atoms with Crippen LogP contribution in [0.5, 0.6) is 0 Å². The molecule has 0 bridgehead atoms. The van der Waals surface area contributed by atoms with E-state index in [2.05, 4.69) is 0 Å². The van der Waals surface area contributed by atoms with Gasteiger partial charge in [0.25, 0.3) is 11.1 Å². The molecule has 0 aliphatic carbocycles. The number of furan rings is 1. The molecule has 0 unspecified atom stereocenters. The molecule has 1 N–H and O–H groups in total. The van der Waals surface area contributed by atoms with Crippen LogP contribution < -0.4 is 0 Å². The minimum atomic E-state index is -1.03. The predicted molar refractivity (Wildman–Crippen MR) is 114 cm³/mol. The first kappa shape index (κ1) is 20.6. The summed E-state index contributed by atoms with van der Waals surface area (Å²) in [5.74, 6) is -1.26. The minimum absolute atomic E-state index is 0.154. The molecule has 0 saturated carbocycles. The number of carboxylic acids is 1. The summed E-state index contributed by atoms with van der Waals surface area (Å²) < 4.78 is 19.7. The molecule has 8 heteroatoms. The zero-order valence-corrected chi connectivity index (χ0v) is 17.1. The molecule has 4 rings (SSSR count). The fourth-order valence-corrected chi connectivity index (χ4v) is 4.09. The Bertz CT molecular complexity index is 1250. The molecule has 0 radical (unpaired) electrons. The van der Waals surface area contributed by atoms with Gasteiger partial charge in [0, 0.05) is 17.2 Å². The van der Waals surface area contributed by atoms with Crippen LogP contribution in [0.25, 0.3) is 17.4 Å². The van der Waals surface area contributed by atoms with Gasteiger partial charge in [-0.05, 0) is 48.5 Å². The molecular weight excluding hydrogens is 421 g/mol. The van der Waals surface area contributed by atoms with E-state index < -0.39 is 22.9 Å². The monoisotopic (exact) mass is 437 g/mol. The summed E-state index contributed by atoms with van der Waals surface area (Å²) in [5, 5.41) is 8.80. The lowest BCUT2D eigenvalue weighted by atomic mass is 10.0.